The van der Waals surface area contributed by atoms with E-state index >= 15 is 0 Å². The minimum atomic E-state index is -0.0132. The van der Waals surface area contributed by atoms with Crippen LogP contribution in [0.15, 0.2) is 41.3 Å². The van der Waals surface area contributed by atoms with E-state index < -0.39 is 0 Å². The molecule has 8 heteroatoms. The molecule has 2 heterocycles. The molecule has 1 fully saturated rings. The number of carbonyl (C=O) groups is 1. The number of anilines is 1. The average Bonchev–Trinajstić information content (AvgIpc) is 3.29. The molecule has 1 aliphatic heterocycles. The van der Waals surface area contributed by atoms with Crippen molar-refractivity contribution in [1.82, 2.24) is 9.88 Å². The van der Waals surface area contributed by atoms with Gasteiger partial charge in [0.15, 0.2) is 5.13 Å². The molecule has 0 atom stereocenters. The van der Waals surface area contributed by atoms with Gasteiger partial charge in [-0.15, -0.1) is 11.8 Å². The molecule has 2 aromatic carbocycles. The number of aromatic nitrogens is 1. The molecule has 1 aliphatic rings. The van der Waals surface area contributed by atoms with Crippen LogP contribution in [-0.2, 0) is 4.74 Å². The number of benzene rings is 2. The number of carbonyl (C=O) groups excluding carboxylic acids is 1. The third kappa shape index (κ3) is 5.69. The Balaban J connectivity index is 1.61. The number of thiazole rings is 1. The van der Waals surface area contributed by atoms with Crippen LogP contribution in [0.5, 0.6) is 5.75 Å². The molecule has 0 spiro atoms. The fourth-order valence-corrected chi connectivity index (χ4v) is 5.69. The number of hydrogen-bond acceptors (Lipinski definition) is 7. The number of methoxy groups -OCH3 is 1. The first-order valence-corrected chi connectivity index (χ1v) is 13.2. The van der Waals surface area contributed by atoms with Crippen LogP contribution in [0.1, 0.15) is 29.3 Å². The quantitative estimate of drug-likeness (QED) is 0.393. The topological polar surface area (TPSA) is 54.9 Å². The maximum Gasteiger partial charge on any atom is 0.260 e. The number of rotatable bonds is 9. The number of morpholine rings is 1. The van der Waals surface area contributed by atoms with Crippen molar-refractivity contribution in [3.63, 3.8) is 0 Å². The Kier molecular flexibility index (Phi) is 8.25. The SMILES string of the molecule is CCSc1ccc(C(=O)N(CCCN2CCOCC2)c2nc3c(OC)ccc(C)c3s2)cc1. The number of nitrogens with zero attached hydrogens (tertiary/aromatic N) is 3. The summed E-state index contributed by atoms with van der Waals surface area (Å²) >= 11 is 3.33. The maximum atomic E-state index is 13.6. The number of hydrogen-bond donors (Lipinski definition) is 0. The second kappa shape index (κ2) is 11.3. The van der Waals surface area contributed by atoms with E-state index in [2.05, 4.69) is 18.7 Å². The molecule has 4 rings (SSSR count). The van der Waals surface area contributed by atoms with E-state index in [0.29, 0.717) is 12.1 Å². The van der Waals surface area contributed by atoms with Gasteiger partial charge in [-0.25, -0.2) is 4.98 Å². The minimum Gasteiger partial charge on any atom is -0.494 e. The van der Waals surface area contributed by atoms with E-state index in [1.807, 2.05) is 41.3 Å². The molecule has 1 saturated heterocycles. The normalized spacial score (nSPS) is 14.5. The number of fused-ring (bicyclic) bond motifs is 1. The van der Waals surface area contributed by atoms with E-state index in [-0.39, 0.29) is 5.91 Å². The summed E-state index contributed by atoms with van der Waals surface area (Å²) in [6.45, 7) is 9.20. The summed E-state index contributed by atoms with van der Waals surface area (Å²) in [6.07, 6.45) is 0.877. The lowest BCUT2D eigenvalue weighted by Gasteiger charge is -2.27. The molecule has 0 bridgehead atoms. The summed E-state index contributed by atoms with van der Waals surface area (Å²) in [4.78, 5) is 23.9. The Bertz CT molecular complexity index is 1080. The lowest BCUT2D eigenvalue weighted by Crippen LogP contribution is -2.39. The first kappa shape index (κ1) is 24.0. The van der Waals surface area contributed by atoms with Gasteiger partial charge >= 0.3 is 0 Å². The highest BCUT2D eigenvalue weighted by Gasteiger charge is 2.23. The number of ether oxygens (including phenoxy) is 2. The lowest BCUT2D eigenvalue weighted by molar-refractivity contribution is 0.0376. The third-order valence-electron chi connectivity index (χ3n) is 5.76. The predicted molar refractivity (Wildman–Crippen MR) is 137 cm³/mol. The van der Waals surface area contributed by atoms with Gasteiger partial charge < -0.3 is 9.47 Å². The van der Waals surface area contributed by atoms with Crippen LogP contribution in [0.4, 0.5) is 5.13 Å². The van der Waals surface area contributed by atoms with Crippen LogP contribution in [0.25, 0.3) is 10.2 Å². The lowest BCUT2D eigenvalue weighted by atomic mass is 10.2. The van der Waals surface area contributed by atoms with Gasteiger partial charge in [-0.1, -0.05) is 24.3 Å². The molecule has 33 heavy (non-hydrogen) atoms. The summed E-state index contributed by atoms with van der Waals surface area (Å²) in [5.74, 6) is 1.73. The van der Waals surface area contributed by atoms with Crippen molar-refractivity contribution >= 4 is 44.4 Å². The molecule has 1 aromatic heterocycles. The zero-order chi connectivity index (χ0) is 23.2. The van der Waals surface area contributed by atoms with Crippen LogP contribution in [0, 0.1) is 6.92 Å². The molecule has 0 aliphatic carbocycles. The molecular weight excluding hydrogens is 454 g/mol. The van der Waals surface area contributed by atoms with E-state index in [1.165, 1.54) is 4.90 Å². The molecular formula is C25H31N3O3S2. The minimum absolute atomic E-state index is 0.0132. The van der Waals surface area contributed by atoms with E-state index in [9.17, 15) is 4.79 Å². The largest absolute Gasteiger partial charge is 0.494 e. The van der Waals surface area contributed by atoms with Crippen molar-refractivity contribution in [3.8, 4) is 5.75 Å². The van der Waals surface area contributed by atoms with Crippen molar-refractivity contribution in [1.29, 1.82) is 0 Å². The molecule has 1 amide bonds. The number of aryl methyl sites for hydroxylation is 1. The van der Waals surface area contributed by atoms with Crippen LogP contribution >= 0.6 is 23.1 Å². The second-order valence-electron chi connectivity index (χ2n) is 7.98. The zero-order valence-corrected chi connectivity index (χ0v) is 21.1. The standard InChI is InChI=1S/C25H31N3O3S2/c1-4-32-20-9-7-19(8-10-20)24(29)28(13-5-12-27-14-16-31-17-15-27)25-26-22-21(30-3)11-6-18(2)23(22)33-25/h6-11H,4-5,12-17H2,1-3H3. The summed E-state index contributed by atoms with van der Waals surface area (Å²) in [5.41, 5.74) is 2.64. The fourth-order valence-electron chi connectivity index (χ4n) is 3.96. The van der Waals surface area contributed by atoms with Crippen molar-refractivity contribution in [2.75, 3.05) is 57.2 Å². The highest BCUT2D eigenvalue weighted by Crippen LogP contribution is 2.37. The Morgan fingerprint density at radius 1 is 1.21 bits per heavy atom. The average molecular weight is 486 g/mol. The van der Waals surface area contributed by atoms with Gasteiger partial charge in [-0.3, -0.25) is 14.6 Å². The monoisotopic (exact) mass is 485 g/mol. The predicted octanol–water partition coefficient (Wildman–Crippen LogP) is 5.09. The van der Waals surface area contributed by atoms with E-state index in [0.717, 1.165) is 71.7 Å². The van der Waals surface area contributed by atoms with Gasteiger partial charge in [0.05, 0.1) is 25.0 Å². The number of thioether (sulfide) groups is 1. The molecule has 0 radical (unpaired) electrons. The van der Waals surface area contributed by atoms with Crippen molar-refractivity contribution < 1.29 is 14.3 Å². The highest BCUT2D eigenvalue weighted by atomic mass is 32.2. The Morgan fingerprint density at radius 3 is 2.67 bits per heavy atom. The molecule has 176 valence electrons. The Hall–Kier alpha value is -2.13. The molecule has 0 unspecified atom stereocenters. The fraction of sp³-hybridized carbons (Fsp3) is 0.440. The van der Waals surface area contributed by atoms with Gasteiger partial charge in [0, 0.05) is 36.6 Å². The van der Waals surface area contributed by atoms with E-state index in [1.54, 1.807) is 30.2 Å². The number of amides is 1. The van der Waals surface area contributed by atoms with Crippen molar-refractivity contribution in [3.05, 3.63) is 47.5 Å². The van der Waals surface area contributed by atoms with Gasteiger partial charge in [-0.05, 0) is 55.0 Å². The van der Waals surface area contributed by atoms with Crippen LogP contribution < -0.4 is 9.64 Å². The van der Waals surface area contributed by atoms with Gasteiger partial charge in [0.25, 0.3) is 5.91 Å². The molecule has 6 nitrogen and oxygen atoms in total. The second-order valence-corrected chi connectivity index (χ2v) is 10.3. The van der Waals surface area contributed by atoms with Crippen LogP contribution in [-0.4, -0.2) is 68.0 Å². The summed E-state index contributed by atoms with van der Waals surface area (Å²) in [7, 11) is 1.66. The third-order valence-corrected chi connectivity index (χ3v) is 7.87. The first-order chi connectivity index (χ1) is 16.1. The van der Waals surface area contributed by atoms with Gasteiger partial charge in [-0.2, -0.15) is 0 Å². The molecule has 0 N–H and O–H groups in total. The first-order valence-electron chi connectivity index (χ1n) is 11.4. The molecule has 0 saturated carbocycles. The summed E-state index contributed by atoms with van der Waals surface area (Å²) in [5, 5.41) is 0.719. The Labute approximate surface area is 203 Å². The highest BCUT2D eigenvalue weighted by molar-refractivity contribution is 7.99. The van der Waals surface area contributed by atoms with Crippen LogP contribution in [0.2, 0.25) is 0 Å². The maximum absolute atomic E-state index is 13.6. The van der Waals surface area contributed by atoms with Crippen LogP contribution in [0.3, 0.4) is 0 Å². The zero-order valence-electron chi connectivity index (χ0n) is 19.5. The van der Waals surface area contributed by atoms with Crippen molar-refractivity contribution in [2.45, 2.75) is 25.2 Å². The van der Waals surface area contributed by atoms with Crippen molar-refractivity contribution in [2.24, 2.45) is 0 Å². The van der Waals surface area contributed by atoms with Gasteiger partial charge in [0.1, 0.15) is 11.3 Å². The Morgan fingerprint density at radius 2 is 1.97 bits per heavy atom. The van der Waals surface area contributed by atoms with Gasteiger partial charge in [0.2, 0.25) is 0 Å². The summed E-state index contributed by atoms with van der Waals surface area (Å²) in [6, 6.07) is 11.9. The smallest absolute Gasteiger partial charge is 0.260 e. The summed E-state index contributed by atoms with van der Waals surface area (Å²) < 4.78 is 12.1. The van der Waals surface area contributed by atoms with E-state index in [4.69, 9.17) is 14.5 Å². The molecule has 3 aromatic rings.